The number of rotatable bonds is 6. The minimum atomic E-state index is -0.319. The van der Waals surface area contributed by atoms with Gasteiger partial charge in [0.25, 0.3) is 0 Å². The second-order valence-electron chi connectivity index (χ2n) is 7.30. The van der Waals surface area contributed by atoms with E-state index in [4.69, 9.17) is 4.74 Å². The average molecular weight is 357 g/mol. The van der Waals surface area contributed by atoms with E-state index in [1.807, 2.05) is 49.1 Å². The van der Waals surface area contributed by atoms with E-state index in [0.717, 1.165) is 31.2 Å². The van der Waals surface area contributed by atoms with E-state index in [1.165, 1.54) is 25.5 Å². The summed E-state index contributed by atoms with van der Waals surface area (Å²) < 4.78 is 4.85. The largest absolute Gasteiger partial charge is 0.469 e. The van der Waals surface area contributed by atoms with Gasteiger partial charge in [-0.2, -0.15) is 0 Å². The van der Waals surface area contributed by atoms with E-state index in [1.54, 1.807) is 6.08 Å². The maximum atomic E-state index is 12.9. The van der Waals surface area contributed by atoms with Gasteiger partial charge < -0.3 is 9.64 Å². The van der Waals surface area contributed by atoms with Crippen molar-refractivity contribution in [3.8, 4) is 0 Å². The molecule has 4 nitrogen and oxygen atoms in total. The van der Waals surface area contributed by atoms with Crippen LogP contribution < -0.4 is 0 Å². The Bertz CT molecular complexity index is 613. The lowest BCUT2D eigenvalue weighted by molar-refractivity contribution is -0.146. The smallest absolute Gasteiger partial charge is 0.310 e. The van der Waals surface area contributed by atoms with Gasteiger partial charge in [-0.25, -0.2) is 0 Å². The first-order chi connectivity index (χ1) is 12.5. The molecule has 1 aromatic carbocycles. The fraction of sp³-hybridized carbons (Fsp3) is 0.545. The standard InChI is InChI=1S/C22H31NO3/c1-17-10-12-19(13-11-17)14-15-21(24)23(16-18(2)22(25)26-3)20-8-6-4-5-7-9-20/h10-15,18,20H,4-9,16H2,1-3H3/b15-14+. The average Bonchev–Trinajstić information content (AvgIpc) is 2.93. The predicted octanol–water partition coefficient (Wildman–Crippen LogP) is 4.37. The molecule has 2 rings (SSSR count). The molecule has 142 valence electrons. The molecule has 4 heteroatoms. The highest BCUT2D eigenvalue weighted by molar-refractivity contribution is 5.92. The lowest BCUT2D eigenvalue weighted by Gasteiger charge is -2.32. The summed E-state index contributed by atoms with van der Waals surface area (Å²) in [6, 6.07) is 8.29. The molecule has 0 radical (unpaired) electrons. The summed E-state index contributed by atoms with van der Waals surface area (Å²) >= 11 is 0. The molecule has 1 aliphatic carbocycles. The molecule has 0 aliphatic heterocycles. The van der Waals surface area contributed by atoms with Crippen LogP contribution >= 0.6 is 0 Å². The molecule has 26 heavy (non-hydrogen) atoms. The summed E-state index contributed by atoms with van der Waals surface area (Å²) in [6.45, 7) is 4.28. The molecule has 0 saturated heterocycles. The van der Waals surface area contributed by atoms with Crippen molar-refractivity contribution in [2.45, 2.75) is 58.4 Å². The first-order valence-corrected chi connectivity index (χ1v) is 9.64. The third-order valence-corrected chi connectivity index (χ3v) is 5.12. The van der Waals surface area contributed by atoms with Crippen LogP contribution in [0.5, 0.6) is 0 Å². The fourth-order valence-corrected chi connectivity index (χ4v) is 3.50. The monoisotopic (exact) mass is 357 g/mol. The van der Waals surface area contributed by atoms with Crippen LogP contribution in [-0.2, 0) is 14.3 Å². The molecular weight excluding hydrogens is 326 g/mol. The summed E-state index contributed by atoms with van der Waals surface area (Å²) in [5.41, 5.74) is 2.20. The van der Waals surface area contributed by atoms with Gasteiger partial charge in [0, 0.05) is 18.7 Å². The molecule has 1 aromatic rings. The van der Waals surface area contributed by atoms with Crippen molar-refractivity contribution in [2.75, 3.05) is 13.7 Å². The highest BCUT2D eigenvalue weighted by Crippen LogP contribution is 2.23. The zero-order valence-electron chi connectivity index (χ0n) is 16.2. The molecule has 1 saturated carbocycles. The number of nitrogens with zero attached hydrogens (tertiary/aromatic N) is 1. The van der Waals surface area contributed by atoms with Crippen LogP contribution in [0.15, 0.2) is 30.3 Å². The summed E-state index contributed by atoms with van der Waals surface area (Å²) in [6.07, 6.45) is 10.3. The van der Waals surface area contributed by atoms with Crippen LogP contribution in [0, 0.1) is 12.8 Å². The van der Waals surface area contributed by atoms with Crippen molar-refractivity contribution in [3.63, 3.8) is 0 Å². The molecular formula is C22H31NO3. The first-order valence-electron chi connectivity index (χ1n) is 9.64. The Labute approximate surface area is 157 Å². The number of aryl methyl sites for hydroxylation is 1. The minimum absolute atomic E-state index is 0.0202. The lowest BCUT2D eigenvalue weighted by atomic mass is 10.0. The van der Waals surface area contributed by atoms with Gasteiger partial charge in [0.2, 0.25) is 5.91 Å². The van der Waals surface area contributed by atoms with Gasteiger partial charge in [0.15, 0.2) is 0 Å². The molecule has 1 amide bonds. The number of carbonyl (C=O) groups excluding carboxylic acids is 2. The molecule has 0 aromatic heterocycles. The van der Waals surface area contributed by atoms with E-state index in [9.17, 15) is 9.59 Å². The molecule has 1 unspecified atom stereocenters. The summed E-state index contributed by atoms with van der Waals surface area (Å²) in [7, 11) is 1.40. The van der Waals surface area contributed by atoms with Crippen LogP contribution in [0.4, 0.5) is 0 Å². The number of ether oxygens (including phenoxy) is 1. The number of hydrogen-bond acceptors (Lipinski definition) is 3. The number of amides is 1. The van der Waals surface area contributed by atoms with Gasteiger partial charge in [0.1, 0.15) is 0 Å². The van der Waals surface area contributed by atoms with Gasteiger partial charge in [-0.05, 0) is 31.4 Å². The molecule has 0 heterocycles. The zero-order valence-corrected chi connectivity index (χ0v) is 16.2. The van der Waals surface area contributed by atoms with E-state index in [0.29, 0.717) is 6.54 Å². The SMILES string of the molecule is COC(=O)C(C)CN(C(=O)/C=C/c1ccc(C)cc1)C1CCCCCC1. The Kier molecular flexibility index (Phi) is 7.89. The van der Waals surface area contributed by atoms with Crippen molar-refractivity contribution in [1.82, 2.24) is 4.90 Å². The maximum Gasteiger partial charge on any atom is 0.310 e. The van der Waals surface area contributed by atoms with Crippen molar-refractivity contribution >= 4 is 18.0 Å². The lowest BCUT2D eigenvalue weighted by Crippen LogP contribution is -2.43. The van der Waals surface area contributed by atoms with Crippen molar-refractivity contribution in [1.29, 1.82) is 0 Å². The highest BCUT2D eigenvalue weighted by atomic mass is 16.5. The second kappa shape index (κ2) is 10.1. The summed E-state index contributed by atoms with van der Waals surface area (Å²) in [4.78, 5) is 26.7. The number of esters is 1. The molecule has 0 N–H and O–H groups in total. The summed E-state index contributed by atoms with van der Waals surface area (Å²) in [5, 5.41) is 0. The quantitative estimate of drug-likeness (QED) is 0.431. The van der Waals surface area contributed by atoms with E-state index >= 15 is 0 Å². The van der Waals surface area contributed by atoms with Crippen LogP contribution in [0.25, 0.3) is 6.08 Å². The Hall–Kier alpha value is -2.10. The van der Waals surface area contributed by atoms with Gasteiger partial charge >= 0.3 is 5.97 Å². The van der Waals surface area contributed by atoms with E-state index < -0.39 is 0 Å². The van der Waals surface area contributed by atoms with Gasteiger partial charge in [-0.3, -0.25) is 9.59 Å². The van der Waals surface area contributed by atoms with Crippen LogP contribution in [0.1, 0.15) is 56.6 Å². The third-order valence-electron chi connectivity index (χ3n) is 5.12. The van der Waals surface area contributed by atoms with E-state index in [-0.39, 0.29) is 23.8 Å². The number of carbonyl (C=O) groups is 2. The van der Waals surface area contributed by atoms with Crippen LogP contribution in [0.3, 0.4) is 0 Å². The zero-order chi connectivity index (χ0) is 18.9. The molecule has 1 atom stereocenters. The number of benzene rings is 1. The van der Waals surface area contributed by atoms with Gasteiger partial charge in [-0.15, -0.1) is 0 Å². The molecule has 1 aliphatic rings. The minimum Gasteiger partial charge on any atom is -0.469 e. The van der Waals surface area contributed by atoms with Crippen LogP contribution in [0.2, 0.25) is 0 Å². The Morgan fingerprint density at radius 1 is 1.15 bits per heavy atom. The topological polar surface area (TPSA) is 46.6 Å². The summed E-state index contributed by atoms with van der Waals surface area (Å²) in [5.74, 6) is -0.604. The third kappa shape index (κ3) is 6.01. The fourth-order valence-electron chi connectivity index (χ4n) is 3.50. The van der Waals surface area contributed by atoms with Crippen molar-refractivity contribution in [2.24, 2.45) is 5.92 Å². The van der Waals surface area contributed by atoms with Gasteiger partial charge in [0.05, 0.1) is 13.0 Å². The Morgan fingerprint density at radius 3 is 2.35 bits per heavy atom. The molecule has 0 bridgehead atoms. The number of methoxy groups -OCH3 is 1. The second-order valence-corrected chi connectivity index (χ2v) is 7.30. The van der Waals surface area contributed by atoms with Crippen LogP contribution in [-0.4, -0.2) is 36.5 Å². The number of hydrogen-bond donors (Lipinski definition) is 0. The molecule has 0 spiro atoms. The van der Waals surface area contributed by atoms with Crippen molar-refractivity contribution in [3.05, 3.63) is 41.5 Å². The van der Waals surface area contributed by atoms with Crippen molar-refractivity contribution < 1.29 is 14.3 Å². The van der Waals surface area contributed by atoms with E-state index in [2.05, 4.69) is 0 Å². The highest BCUT2D eigenvalue weighted by Gasteiger charge is 2.27. The predicted molar refractivity (Wildman–Crippen MR) is 105 cm³/mol. The Morgan fingerprint density at radius 2 is 1.77 bits per heavy atom. The normalized spacial score (nSPS) is 16.9. The molecule has 1 fully saturated rings. The Balaban J connectivity index is 2.13. The first kappa shape index (κ1) is 20.2. The van der Waals surface area contributed by atoms with Gasteiger partial charge in [-0.1, -0.05) is 62.4 Å². The maximum absolute atomic E-state index is 12.9.